The zero-order chi connectivity index (χ0) is 13.7. The van der Waals surface area contributed by atoms with Gasteiger partial charge >= 0.3 is 0 Å². The second-order valence-corrected chi connectivity index (χ2v) is 4.94. The minimum Gasteiger partial charge on any atom is -0.497 e. The van der Waals surface area contributed by atoms with Crippen LogP contribution in [0.15, 0.2) is 34.9 Å². The molecule has 4 nitrogen and oxygen atoms in total. The van der Waals surface area contributed by atoms with Gasteiger partial charge in [0.25, 0.3) is 0 Å². The van der Waals surface area contributed by atoms with Gasteiger partial charge in [-0.05, 0) is 36.7 Å². The van der Waals surface area contributed by atoms with E-state index in [0.29, 0.717) is 5.92 Å². The minimum absolute atomic E-state index is 0.632. The van der Waals surface area contributed by atoms with Crippen LogP contribution >= 0.6 is 0 Å². The molecule has 102 valence electrons. The third-order valence-corrected chi connectivity index (χ3v) is 2.79. The van der Waals surface area contributed by atoms with E-state index in [1.165, 1.54) is 0 Å². The summed E-state index contributed by atoms with van der Waals surface area (Å²) < 4.78 is 10.5. The number of aromatic nitrogens is 1. The number of ether oxygens (including phenoxy) is 1. The van der Waals surface area contributed by atoms with E-state index in [0.717, 1.165) is 35.9 Å². The maximum atomic E-state index is 5.35. The fraction of sp³-hybridized carbons (Fsp3) is 0.400. The summed E-state index contributed by atoms with van der Waals surface area (Å²) in [5.74, 6) is 2.25. The van der Waals surface area contributed by atoms with Gasteiger partial charge in [-0.3, -0.25) is 0 Å². The standard InChI is InChI=1S/C15H20N2O2/c1-11(2)9-16-10-13-8-15(19-17-13)12-4-6-14(18-3)7-5-12/h4-8,11,16H,9-10H2,1-3H3. The van der Waals surface area contributed by atoms with Crippen LogP contribution in [0.25, 0.3) is 11.3 Å². The van der Waals surface area contributed by atoms with Crippen molar-refractivity contribution < 1.29 is 9.26 Å². The number of benzene rings is 1. The molecule has 2 rings (SSSR count). The van der Waals surface area contributed by atoms with Crippen molar-refractivity contribution in [3.63, 3.8) is 0 Å². The zero-order valence-electron chi connectivity index (χ0n) is 11.6. The molecule has 1 aromatic heterocycles. The van der Waals surface area contributed by atoms with Crippen LogP contribution in [0.3, 0.4) is 0 Å². The summed E-state index contributed by atoms with van der Waals surface area (Å²) in [4.78, 5) is 0. The van der Waals surface area contributed by atoms with Gasteiger partial charge in [0.1, 0.15) is 5.75 Å². The molecule has 2 aromatic rings. The second kappa shape index (κ2) is 6.38. The zero-order valence-corrected chi connectivity index (χ0v) is 11.6. The number of rotatable bonds is 6. The molecule has 1 aromatic carbocycles. The van der Waals surface area contributed by atoms with Crippen LogP contribution in [-0.2, 0) is 6.54 Å². The lowest BCUT2D eigenvalue weighted by molar-refractivity contribution is 0.413. The van der Waals surface area contributed by atoms with E-state index in [4.69, 9.17) is 9.26 Å². The Kier molecular flexibility index (Phi) is 4.58. The Balaban J connectivity index is 1.99. The summed E-state index contributed by atoms with van der Waals surface area (Å²) in [5.41, 5.74) is 1.93. The Labute approximate surface area is 113 Å². The third-order valence-electron chi connectivity index (χ3n) is 2.79. The van der Waals surface area contributed by atoms with Crippen molar-refractivity contribution in [2.75, 3.05) is 13.7 Å². The van der Waals surface area contributed by atoms with Crippen molar-refractivity contribution in [2.45, 2.75) is 20.4 Å². The molecule has 19 heavy (non-hydrogen) atoms. The Bertz CT molecular complexity index is 503. The van der Waals surface area contributed by atoms with Crippen molar-refractivity contribution in [1.82, 2.24) is 10.5 Å². The molecule has 0 unspecified atom stereocenters. The fourth-order valence-electron chi connectivity index (χ4n) is 1.78. The molecule has 0 radical (unpaired) electrons. The van der Waals surface area contributed by atoms with Crippen LogP contribution in [0.4, 0.5) is 0 Å². The maximum absolute atomic E-state index is 5.35. The fourth-order valence-corrected chi connectivity index (χ4v) is 1.78. The molecular weight excluding hydrogens is 240 g/mol. The molecule has 0 bridgehead atoms. The highest BCUT2D eigenvalue weighted by Gasteiger charge is 2.06. The Hall–Kier alpha value is -1.81. The first-order chi connectivity index (χ1) is 9.19. The topological polar surface area (TPSA) is 47.3 Å². The summed E-state index contributed by atoms with van der Waals surface area (Å²) in [6.07, 6.45) is 0. The molecule has 4 heteroatoms. The van der Waals surface area contributed by atoms with Gasteiger partial charge in [-0.2, -0.15) is 0 Å². The summed E-state index contributed by atoms with van der Waals surface area (Å²) in [5, 5.41) is 7.40. The van der Waals surface area contributed by atoms with E-state index in [2.05, 4.69) is 24.3 Å². The van der Waals surface area contributed by atoms with Gasteiger partial charge in [-0.1, -0.05) is 19.0 Å². The molecule has 1 N–H and O–H groups in total. The highest BCUT2D eigenvalue weighted by atomic mass is 16.5. The van der Waals surface area contributed by atoms with Crippen molar-refractivity contribution in [3.8, 4) is 17.1 Å². The highest BCUT2D eigenvalue weighted by molar-refractivity contribution is 5.58. The van der Waals surface area contributed by atoms with Gasteiger partial charge in [-0.15, -0.1) is 0 Å². The molecule has 0 saturated carbocycles. The van der Waals surface area contributed by atoms with Crippen LogP contribution in [0, 0.1) is 5.92 Å². The molecule has 0 aliphatic rings. The first-order valence-corrected chi connectivity index (χ1v) is 6.50. The van der Waals surface area contributed by atoms with Gasteiger partial charge in [-0.25, -0.2) is 0 Å². The van der Waals surface area contributed by atoms with Gasteiger partial charge in [0, 0.05) is 18.2 Å². The average molecular weight is 260 g/mol. The molecule has 1 heterocycles. The van der Waals surface area contributed by atoms with Crippen LogP contribution in [-0.4, -0.2) is 18.8 Å². The Morgan fingerprint density at radius 3 is 2.63 bits per heavy atom. The molecule has 0 fully saturated rings. The van der Waals surface area contributed by atoms with Gasteiger partial charge in [0.15, 0.2) is 5.76 Å². The Morgan fingerprint density at radius 1 is 1.26 bits per heavy atom. The molecule has 0 aliphatic carbocycles. The Morgan fingerprint density at radius 2 is 2.00 bits per heavy atom. The van der Waals surface area contributed by atoms with Crippen LogP contribution in [0.5, 0.6) is 5.75 Å². The third kappa shape index (κ3) is 3.83. The lowest BCUT2D eigenvalue weighted by Crippen LogP contribution is -2.18. The van der Waals surface area contributed by atoms with E-state index < -0.39 is 0 Å². The average Bonchev–Trinajstić information content (AvgIpc) is 2.87. The lowest BCUT2D eigenvalue weighted by atomic mass is 10.1. The first kappa shape index (κ1) is 13.6. The molecule has 0 saturated heterocycles. The number of hydrogen-bond acceptors (Lipinski definition) is 4. The SMILES string of the molecule is COc1ccc(-c2cc(CNCC(C)C)no2)cc1. The summed E-state index contributed by atoms with van der Waals surface area (Å²) in [6, 6.07) is 9.72. The number of nitrogens with one attached hydrogen (secondary N) is 1. The van der Waals surface area contributed by atoms with Gasteiger partial charge in [0.05, 0.1) is 12.8 Å². The van der Waals surface area contributed by atoms with E-state index in [9.17, 15) is 0 Å². The van der Waals surface area contributed by atoms with E-state index >= 15 is 0 Å². The smallest absolute Gasteiger partial charge is 0.167 e. The highest BCUT2D eigenvalue weighted by Crippen LogP contribution is 2.22. The van der Waals surface area contributed by atoms with Crippen LogP contribution in [0.2, 0.25) is 0 Å². The molecule has 0 amide bonds. The maximum Gasteiger partial charge on any atom is 0.167 e. The van der Waals surface area contributed by atoms with E-state index in [1.807, 2.05) is 30.3 Å². The van der Waals surface area contributed by atoms with Gasteiger partial charge < -0.3 is 14.6 Å². The second-order valence-electron chi connectivity index (χ2n) is 4.94. The largest absolute Gasteiger partial charge is 0.497 e. The molecule has 0 spiro atoms. The molecular formula is C15H20N2O2. The van der Waals surface area contributed by atoms with Crippen molar-refractivity contribution in [3.05, 3.63) is 36.0 Å². The number of nitrogens with zero attached hydrogens (tertiary/aromatic N) is 1. The quantitative estimate of drug-likeness (QED) is 0.867. The number of hydrogen-bond donors (Lipinski definition) is 1. The monoisotopic (exact) mass is 260 g/mol. The number of methoxy groups -OCH3 is 1. The summed E-state index contributed by atoms with van der Waals surface area (Å²) in [6.45, 7) is 6.07. The van der Waals surface area contributed by atoms with Gasteiger partial charge in [0.2, 0.25) is 0 Å². The van der Waals surface area contributed by atoms with E-state index in [1.54, 1.807) is 7.11 Å². The van der Waals surface area contributed by atoms with Crippen molar-refractivity contribution in [2.24, 2.45) is 5.92 Å². The predicted octanol–water partition coefficient (Wildman–Crippen LogP) is 3.10. The molecule has 0 atom stereocenters. The lowest BCUT2D eigenvalue weighted by Gasteiger charge is -2.04. The van der Waals surface area contributed by atoms with Crippen LogP contribution in [0.1, 0.15) is 19.5 Å². The van der Waals surface area contributed by atoms with E-state index in [-0.39, 0.29) is 0 Å². The first-order valence-electron chi connectivity index (χ1n) is 6.50. The van der Waals surface area contributed by atoms with Crippen molar-refractivity contribution in [1.29, 1.82) is 0 Å². The normalized spacial score (nSPS) is 10.9. The summed E-state index contributed by atoms with van der Waals surface area (Å²) in [7, 11) is 1.65. The minimum atomic E-state index is 0.632. The summed E-state index contributed by atoms with van der Waals surface area (Å²) >= 11 is 0. The van der Waals surface area contributed by atoms with Crippen molar-refractivity contribution >= 4 is 0 Å². The van der Waals surface area contributed by atoms with Crippen LogP contribution < -0.4 is 10.1 Å². The predicted molar refractivity (Wildman–Crippen MR) is 75.0 cm³/mol. The molecule has 0 aliphatic heterocycles.